The summed E-state index contributed by atoms with van der Waals surface area (Å²) >= 11 is 5.99. The monoisotopic (exact) mass is 211 g/mol. The van der Waals surface area contributed by atoms with Crippen LogP contribution in [0.4, 0.5) is 0 Å². The van der Waals surface area contributed by atoms with Crippen molar-refractivity contribution in [2.75, 3.05) is 7.11 Å². The van der Waals surface area contributed by atoms with Gasteiger partial charge in [0.1, 0.15) is 0 Å². The Morgan fingerprint density at radius 1 is 1.43 bits per heavy atom. The van der Waals surface area contributed by atoms with Crippen LogP contribution < -0.4 is 5.32 Å². The lowest BCUT2D eigenvalue weighted by Gasteiger charge is -2.36. The molecule has 1 aliphatic rings. The van der Waals surface area contributed by atoms with Gasteiger partial charge in [-0.3, -0.25) is 4.79 Å². The predicted octanol–water partition coefficient (Wildman–Crippen LogP) is 1.53. The molecule has 1 aromatic rings. The number of nitrogens with one attached hydrogen (secondary N) is 1. The van der Waals surface area contributed by atoms with Crippen molar-refractivity contribution in [2.45, 2.75) is 12.1 Å². The average Bonchev–Trinajstić information content (AvgIpc) is 2.16. The quantitative estimate of drug-likeness (QED) is 0.754. The van der Waals surface area contributed by atoms with E-state index in [0.29, 0.717) is 5.02 Å². The van der Waals surface area contributed by atoms with Crippen molar-refractivity contribution in [2.24, 2.45) is 0 Å². The average molecular weight is 212 g/mol. The number of benzene rings is 1. The van der Waals surface area contributed by atoms with Gasteiger partial charge in [-0.15, -0.1) is 0 Å². The third-order valence-corrected chi connectivity index (χ3v) is 2.70. The maximum absolute atomic E-state index is 11.1. The van der Waals surface area contributed by atoms with Gasteiger partial charge in [0.2, 0.25) is 0 Å². The normalized spacial score (nSPS) is 25.4. The molecular weight excluding hydrogens is 202 g/mol. The Balaban J connectivity index is 2.25. The molecule has 1 aliphatic heterocycles. The third-order valence-electron chi connectivity index (χ3n) is 2.35. The number of carbonyl (C=O) groups is 1. The summed E-state index contributed by atoms with van der Waals surface area (Å²) in [4.78, 5) is 11.1. The molecule has 3 nitrogen and oxygen atoms in total. The minimum atomic E-state index is -0.408. The van der Waals surface area contributed by atoms with Crippen LogP contribution >= 0.6 is 11.6 Å². The summed E-state index contributed by atoms with van der Waals surface area (Å²) in [5, 5.41) is 3.40. The molecule has 0 aromatic heterocycles. The fourth-order valence-corrected chi connectivity index (χ4v) is 1.83. The van der Waals surface area contributed by atoms with Crippen molar-refractivity contribution in [3.8, 4) is 0 Å². The van der Waals surface area contributed by atoms with Gasteiger partial charge < -0.3 is 10.1 Å². The molecule has 0 saturated carbocycles. The molecule has 1 N–H and O–H groups in total. The van der Waals surface area contributed by atoms with Crippen molar-refractivity contribution < 1.29 is 9.53 Å². The topological polar surface area (TPSA) is 38.3 Å². The SMILES string of the molecule is CO[C@H]1C(=O)N[C@H]1c1ccccc1Cl. The van der Waals surface area contributed by atoms with Crippen LogP contribution in [0, 0.1) is 0 Å². The molecule has 1 aromatic carbocycles. The second-order valence-corrected chi connectivity index (χ2v) is 3.57. The van der Waals surface area contributed by atoms with Gasteiger partial charge in [0.25, 0.3) is 5.91 Å². The zero-order valence-corrected chi connectivity index (χ0v) is 8.41. The summed E-state index contributed by atoms with van der Waals surface area (Å²) in [7, 11) is 1.52. The Kier molecular flexibility index (Phi) is 2.44. The van der Waals surface area contributed by atoms with E-state index in [1.165, 1.54) is 7.11 Å². The van der Waals surface area contributed by atoms with Crippen molar-refractivity contribution in [1.29, 1.82) is 0 Å². The zero-order valence-electron chi connectivity index (χ0n) is 7.66. The van der Waals surface area contributed by atoms with E-state index in [1.807, 2.05) is 18.2 Å². The van der Waals surface area contributed by atoms with Crippen LogP contribution in [0.3, 0.4) is 0 Å². The highest BCUT2D eigenvalue weighted by molar-refractivity contribution is 6.31. The Morgan fingerprint density at radius 3 is 2.71 bits per heavy atom. The molecule has 0 radical (unpaired) electrons. The molecule has 0 spiro atoms. The fraction of sp³-hybridized carbons (Fsp3) is 0.300. The molecule has 1 fully saturated rings. The Labute approximate surface area is 87.0 Å². The standard InChI is InChI=1S/C10H10ClNO2/c1-14-9-8(12-10(9)13)6-4-2-3-5-7(6)11/h2-5,8-9H,1H3,(H,12,13)/t8-,9+/m0/s1. The maximum Gasteiger partial charge on any atom is 0.252 e. The Morgan fingerprint density at radius 2 is 2.14 bits per heavy atom. The third kappa shape index (κ3) is 1.38. The first-order valence-electron chi connectivity index (χ1n) is 4.31. The van der Waals surface area contributed by atoms with Gasteiger partial charge in [-0.25, -0.2) is 0 Å². The van der Waals surface area contributed by atoms with Gasteiger partial charge in [-0.05, 0) is 11.6 Å². The molecule has 0 aliphatic carbocycles. The van der Waals surface area contributed by atoms with Gasteiger partial charge in [0, 0.05) is 12.1 Å². The highest BCUT2D eigenvalue weighted by Gasteiger charge is 2.41. The number of β-lactam (4-membered cyclic amide) rings is 1. The molecule has 0 unspecified atom stereocenters. The second-order valence-electron chi connectivity index (χ2n) is 3.16. The van der Waals surface area contributed by atoms with Crippen LogP contribution in [0.15, 0.2) is 24.3 Å². The first kappa shape index (κ1) is 9.49. The van der Waals surface area contributed by atoms with E-state index in [1.54, 1.807) is 6.07 Å². The van der Waals surface area contributed by atoms with E-state index in [-0.39, 0.29) is 11.9 Å². The summed E-state index contributed by atoms with van der Waals surface area (Å²) in [5.74, 6) is -0.0857. The van der Waals surface area contributed by atoms with E-state index in [4.69, 9.17) is 16.3 Å². The van der Waals surface area contributed by atoms with Crippen LogP contribution in [0.1, 0.15) is 11.6 Å². The minimum Gasteiger partial charge on any atom is -0.369 e. The molecule has 74 valence electrons. The lowest BCUT2D eigenvalue weighted by molar-refractivity contribution is -0.145. The molecule has 4 heteroatoms. The lowest BCUT2D eigenvalue weighted by atomic mass is 9.94. The number of rotatable bonds is 2. The number of hydrogen-bond acceptors (Lipinski definition) is 2. The lowest BCUT2D eigenvalue weighted by Crippen LogP contribution is -2.56. The first-order valence-corrected chi connectivity index (χ1v) is 4.69. The highest BCUT2D eigenvalue weighted by atomic mass is 35.5. The first-order chi connectivity index (χ1) is 6.74. The Bertz CT molecular complexity index is 367. The van der Waals surface area contributed by atoms with E-state index in [9.17, 15) is 4.79 Å². The van der Waals surface area contributed by atoms with Crippen LogP contribution in [0.2, 0.25) is 5.02 Å². The molecule has 14 heavy (non-hydrogen) atoms. The maximum atomic E-state index is 11.1. The number of hydrogen-bond donors (Lipinski definition) is 1. The molecule has 2 rings (SSSR count). The van der Waals surface area contributed by atoms with Gasteiger partial charge in [-0.2, -0.15) is 0 Å². The van der Waals surface area contributed by atoms with Crippen molar-refractivity contribution in [1.82, 2.24) is 5.32 Å². The fourth-order valence-electron chi connectivity index (χ4n) is 1.58. The number of methoxy groups -OCH3 is 1. The number of halogens is 1. The number of ether oxygens (including phenoxy) is 1. The summed E-state index contributed by atoms with van der Waals surface area (Å²) in [6.45, 7) is 0. The smallest absolute Gasteiger partial charge is 0.252 e. The largest absolute Gasteiger partial charge is 0.369 e. The number of carbonyl (C=O) groups excluding carboxylic acids is 1. The molecule has 2 atom stereocenters. The minimum absolute atomic E-state index is 0.0857. The van der Waals surface area contributed by atoms with Crippen molar-refractivity contribution >= 4 is 17.5 Å². The second kappa shape index (κ2) is 3.59. The van der Waals surface area contributed by atoms with E-state index >= 15 is 0 Å². The van der Waals surface area contributed by atoms with E-state index in [2.05, 4.69) is 5.32 Å². The summed E-state index contributed by atoms with van der Waals surface area (Å²) in [6, 6.07) is 7.32. The molecule has 1 amide bonds. The van der Waals surface area contributed by atoms with Gasteiger partial charge in [0.05, 0.1) is 6.04 Å². The zero-order chi connectivity index (χ0) is 10.1. The van der Waals surface area contributed by atoms with Gasteiger partial charge in [-0.1, -0.05) is 29.8 Å². The molecule has 1 saturated heterocycles. The summed E-state index contributed by atoms with van der Waals surface area (Å²) < 4.78 is 5.05. The highest BCUT2D eigenvalue weighted by Crippen LogP contribution is 2.31. The Hall–Kier alpha value is -1.06. The predicted molar refractivity (Wildman–Crippen MR) is 53.1 cm³/mol. The van der Waals surface area contributed by atoms with E-state index in [0.717, 1.165) is 5.56 Å². The van der Waals surface area contributed by atoms with E-state index < -0.39 is 6.10 Å². The van der Waals surface area contributed by atoms with Gasteiger partial charge in [0.15, 0.2) is 6.10 Å². The van der Waals surface area contributed by atoms with Crippen LogP contribution in [-0.4, -0.2) is 19.1 Å². The van der Waals surface area contributed by atoms with Crippen LogP contribution in [-0.2, 0) is 9.53 Å². The molecule has 1 heterocycles. The number of amides is 1. The summed E-state index contributed by atoms with van der Waals surface area (Å²) in [5.41, 5.74) is 0.903. The van der Waals surface area contributed by atoms with Crippen LogP contribution in [0.25, 0.3) is 0 Å². The molecule has 0 bridgehead atoms. The van der Waals surface area contributed by atoms with Crippen molar-refractivity contribution in [3.63, 3.8) is 0 Å². The van der Waals surface area contributed by atoms with Gasteiger partial charge >= 0.3 is 0 Å². The molecular formula is C10H10ClNO2. The van der Waals surface area contributed by atoms with Crippen molar-refractivity contribution in [3.05, 3.63) is 34.9 Å². The summed E-state index contributed by atoms with van der Waals surface area (Å²) in [6.07, 6.45) is -0.408. The van der Waals surface area contributed by atoms with Crippen LogP contribution in [0.5, 0.6) is 0 Å².